The van der Waals surface area contributed by atoms with E-state index in [0.717, 1.165) is 6.42 Å². The van der Waals surface area contributed by atoms with Gasteiger partial charge in [0, 0.05) is 18.9 Å². The van der Waals surface area contributed by atoms with Crippen LogP contribution in [0.25, 0.3) is 0 Å². The second kappa shape index (κ2) is 5.61. The molecule has 17 heavy (non-hydrogen) atoms. The molecule has 0 bridgehead atoms. The van der Waals surface area contributed by atoms with Gasteiger partial charge in [-0.05, 0) is 33.3 Å². The van der Waals surface area contributed by atoms with Crippen molar-refractivity contribution >= 4 is 12.0 Å². The van der Waals surface area contributed by atoms with E-state index in [2.05, 4.69) is 9.97 Å². The molecule has 0 aliphatic rings. The van der Waals surface area contributed by atoms with Crippen molar-refractivity contribution in [2.45, 2.75) is 39.7 Å². The van der Waals surface area contributed by atoms with Gasteiger partial charge in [0.2, 0.25) is 5.95 Å². The molecular weight excluding hydrogens is 218 g/mol. The van der Waals surface area contributed by atoms with Crippen molar-refractivity contribution in [2.24, 2.45) is 0 Å². The molecule has 0 aliphatic heterocycles. The Bertz CT molecular complexity index is 360. The van der Waals surface area contributed by atoms with Gasteiger partial charge < -0.3 is 4.74 Å². The summed E-state index contributed by atoms with van der Waals surface area (Å²) >= 11 is 0. The minimum absolute atomic E-state index is 0.378. The van der Waals surface area contributed by atoms with Gasteiger partial charge in [-0.1, -0.05) is 6.92 Å². The van der Waals surface area contributed by atoms with Crippen molar-refractivity contribution in [1.82, 2.24) is 9.97 Å². The van der Waals surface area contributed by atoms with E-state index in [1.807, 2.05) is 27.7 Å². The molecule has 0 saturated carbocycles. The largest absolute Gasteiger partial charge is 0.443 e. The highest BCUT2D eigenvalue weighted by Crippen LogP contribution is 2.14. The first-order valence-electron chi connectivity index (χ1n) is 5.71. The maximum atomic E-state index is 12.0. The van der Waals surface area contributed by atoms with Crippen molar-refractivity contribution in [1.29, 1.82) is 0 Å². The van der Waals surface area contributed by atoms with Crippen LogP contribution in [-0.4, -0.2) is 28.2 Å². The molecule has 0 fully saturated rings. The molecule has 0 spiro atoms. The summed E-state index contributed by atoms with van der Waals surface area (Å²) in [7, 11) is 0. The number of carbonyl (C=O) groups excluding carboxylic acids is 1. The molecule has 94 valence electrons. The number of hydrogen-bond donors (Lipinski definition) is 0. The number of anilines is 1. The van der Waals surface area contributed by atoms with Crippen LogP contribution in [0, 0.1) is 0 Å². The molecule has 0 N–H and O–H groups in total. The van der Waals surface area contributed by atoms with E-state index in [0.29, 0.717) is 12.5 Å². The Morgan fingerprint density at radius 3 is 2.41 bits per heavy atom. The highest BCUT2D eigenvalue weighted by molar-refractivity contribution is 5.85. The van der Waals surface area contributed by atoms with Gasteiger partial charge in [0.15, 0.2) is 0 Å². The fourth-order valence-electron chi connectivity index (χ4n) is 1.24. The Balaban J connectivity index is 2.83. The predicted octanol–water partition coefficient (Wildman–Crippen LogP) is 2.63. The number of carbonyl (C=O) groups is 1. The Morgan fingerprint density at radius 1 is 1.35 bits per heavy atom. The van der Waals surface area contributed by atoms with Crippen molar-refractivity contribution in [3.05, 3.63) is 18.5 Å². The molecule has 0 saturated heterocycles. The molecule has 5 nitrogen and oxygen atoms in total. The molecule has 0 atom stereocenters. The smallest absolute Gasteiger partial charge is 0.417 e. The van der Waals surface area contributed by atoms with Gasteiger partial charge >= 0.3 is 6.09 Å². The summed E-state index contributed by atoms with van der Waals surface area (Å²) in [4.78, 5) is 21.5. The van der Waals surface area contributed by atoms with Crippen LogP contribution in [0.15, 0.2) is 18.5 Å². The lowest BCUT2D eigenvalue weighted by molar-refractivity contribution is 0.0578. The molecule has 0 unspecified atom stereocenters. The molecule has 1 heterocycles. The van der Waals surface area contributed by atoms with E-state index in [-0.39, 0.29) is 0 Å². The Kier molecular flexibility index (Phi) is 4.43. The zero-order chi connectivity index (χ0) is 12.9. The maximum absolute atomic E-state index is 12.0. The van der Waals surface area contributed by atoms with Gasteiger partial charge in [-0.15, -0.1) is 0 Å². The fourth-order valence-corrected chi connectivity index (χ4v) is 1.24. The van der Waals surface area contributed by atoms with Crippen molar-refractivity contribution in [3.8, 4) is 0 Å². The zero-order valence-electron chi connectivity index (χ0n) is 10.8. The Hall–Kier alpha value is -1.65. The van der Waals surface area contributed by atoms with Gasteiger partial charge in [0.1, 0.15) is 5.60 Å². The van der Waals surface area contributed by atoms with E-state index in [1.54, 1.807) is 18.5 Å². The number of ether oxygens (including phenoxy) is 1. The van der Waals surface area contributed by atoms with Gasteiger partial charge in [-0.2, -0.15) is 0 Å². The standard InChI is InChI=1S/C12H19N3O2/c1-5-9-15(10-13-7-6-8-14-10)11(16)17-12(2,3)4/h6-8H,5,9H2,1-4H3. The van der Waals surface area contributed by atoms with Crippen LogP contribution < -0.4 is 4.90 Å². The first-order valence-corrected chi connectivity index (χ1v) is 5.71. The molecule has 0 aliphatic carbocycles. The Morgan fingerprint density at radius 2 is 1.94 bits per heavy atom. The molecule has 0 aromatic carbocycles. The molecule has 1 aromatic heterocycles. The third kappa shape index (κ3) is 4.38. The number of amides is 1. The van der Waals surface area contributed by atoms with Gasteiger partial charge in [-0.25, -0.2) is 19.7 Å². The number of hydrogen-bond acceptors (Lipinski definition) is 4. The average Bonchev–Trinajstić information content (AvgIpc) is 2.24. The minimum atomic E-state index is -0.516. The summed E-state index contributed by atoms with van der Waals surface area (Å²) in [6.07, 6.45) is 3.62. The normalized spacial score (nSPS) is 11.1. The first-order chi connectivity index (χ1) is 7.94. The quantitative estimate of drug-likeness (QED) is 0.811. The van der Waals surface area contributed by atoms with Crippen LogP contribution in [0.1, 0.15) is 34.1 Å². The van der Waals surface area contributed by atoms with Crippen molar-refractivity contribution < 1.29 is 9.53 Å². The van der Waals surface area contributed by atoms with Gasteiger partial charge in [0.05, 0.1) is 0 Å². The lowest BCUT2D eigenvalue weighted by Crippen LogP contribution is -2.38. The number of rotatable bonds is 3. The first kappa shape index (κ1) is 13.4. The molecule has 0 radical (unpaired) electrons. The van der Waals surface area contributed by atoms with Crippen LogP contribution in [0.4, 0.5) is 10.7 Å². The minimum Gasteiger partial charge on any atom is -0.443 e. The maximum Gasteiger partial charge on any atom is 0.417 e. The van der Waals surface area contributed by atoms with Crippen LogP contribution >= 0.6 is 0 Å². The monoisotopic (exact) mass is 237 g/mol. The van der Waals surface area contributed by atoms with Crippen molar-refractivity contribution in [3.63, 3.8) is 0 Å². The van der Waals surface area contributed by atoms with E-state index < -0.39 is 11.7 Å². The summed E-state index contributed by atoms with van der Waals surface area (Å²) in [6, 6.07) is 1.71. The third-order valence-corrected chi connectivity index (χ3v) is 1.85. The van der Waals surface area contributed by atoms with Gasteiger partial charge in [-0.3, -0.25) is 0 Å². The second-order valence-corrected chi connectivity index (χ2v) is 4.68. The molecule has 1 amide bonds. The lowest BCUT2D eigenvalue weighted by atomic mass is 10.2. The topological polar surface area (TPSA) is 55.3 Å². The van der Waals surface area contributed by atoms with E-state index in [9.17, 15) is 4.79 Å². The fraction of sp³-hybridized carbons (Fsp3) is 0.583. The highest BCUT2D eigenvalue weighted by atomic mass is 16.6. The zero-order valence-corrected chi connectivity index (χ0v) is 10.8. The highest BCUT2D eigenvalue weighted by Gasteiger charge is 2.24. The predicted molar refractivity (Wildman–Crippen MR) is 65.9 cm³/mol. The van der Waals surface area contributed by atoms with Crippen molar-refractivity contribution in [2.75, 3.05) is 11.4 Å². The van der Waals surface area contributed by atoms with E-state index in [1.165, 1.54) is 4.90 Å². The van der Waals surface area contributed by atoms with Gasteiger partial charge in [0.25, 0.3) is 0 Å². The summed E-state index contributed by atoms with van der Waals surface area (Å²) in [5.74, 6) is 0.378. The summed E-state index contributed by atoms with van der Waals surface area (Å²) in [5, 5.41) is 0. The SMILES string of the molecule is CCCN(C(=O)OC(C)(C)C)c1ncccn1. The van der Waals surface area contributed by atoms with E-state index >= 15 is 0 Å². The summed E-state index contributed by atoms with van der Waals surface area (Å²) in [6.45, 7) is 8.03. The average molecular weight is 237 g/mol. The summed E-state index contributed by atoms with van der Waals surface area (Å²) < 4.78 is 5.31. The lowest BCUT2D eigenvalue weighted by Gasteiger charge is -2.25. The summed E-state index contributed by atoms with van der Waals surface area (Å²) in [5.41, 5.74) is -0.516. The third-order valence-electron chi connectivity index (χ3n) is 1.85. The second-order valence-electron chi connectivity index (χ2n) is 4.68. The number of nitrogens with zero attached hydrogens (tertiary/aromatic N) is 3. The molecule has 1 aromatic rings. The van der Waals surface area contributed by atoms with Crippen LogP contribution in [-0.2, 0) is 4.74 Å². The van der Waals surface area contributed by atoms with Crippen LogP contribution in [0.3, 0.4) is 0 Å². The Labute approximate surface area is 102 Å². The van der Waals surface area contributed by atoms with Crippen LogP contribution in [0.5, 0.6) is 0 Å². The molecule has 5 heteroatoms. The van der Waals surface area contributed by atoms with Crippen LogP contribution in [0.2, 0.25) is 0 Å². The van der Waals surface area contributed by atoms with E-state index in [4.69, 9.17) is 4.74 Å². The molecular formula is C12H19N3O2. The molecule has 1 rings (SSSR count). The number of aromatic nitrogens is 2.